The Hall–Kier alpha value is -1.59. The van der Waals surface area contributed by atoms with Gasteiger partial charge in [-0.15, -0.1) is 0 Å². The van der Waals surface area contributed by atoms with Gasteiger partial charge in [-0.05, 0) is 25.0 Å². The summed E-state index contributed by atoms with van der Waals surface area (Å²) < 4.78 is 5.84. The van der Waals surface area contributed by atoms with E-state index in [1.54, 1.807) is 0 Å². The molecule has 1 fully saturated rings. The molecule has 0 radical (unpaired) electrons. The van der Waals surface area contributed by atoms with Gasteiger partial charge < -0.3 is 15.0 Å². The lowest BCUT2D eigenvalue weighted by Gasteiger charge is -2.35. The summed E-state index contributed by atoms with van der Waals surface area (Å²) in [7, 11) is 2.08. The van der Waals surface area contributed by atoms with Gasteiger partial charge >= 0.3 is 0 Å². The number of hydrogen-bond acceptors (Lipinski definition) is 5. The summed E-state index contributed by atoms with van der Waals surface area (Å²) in [6.07, 6.45) is 0.621. The number of rotatable bonds is 4. The van der Waals surface area contributed by atoms with Gasteiger partial charge in [0.1, 0.15) is 0 Å². The Morgan fingerprint density at radius 1 is 1.17 bits per heavy atom. The summed E-state index contributed by atoms with van der Waals surface area (Å²) in [4.78, 5) is 9.17. The second kappa shape index (κ2) is 7.32. The molecule has 5 heteroatoms. The summed E-state index contributed by atoms with van der Waals surface area (Å²) >= 11 is 0. The maximum absolute atomic E-state index is 5.84. The average molecular weight is 316 g/mol. The van der Waals surface area contributed by atoms with Crippen LogP contribution in [0.3, 0.4) is 0 Å². The normalized spacial score (nSPS) is 25.5. The fourth-order valence-electron chi connectivity index (χ4n) is 3.44. The highest BCUT2D eigenvalue weighted by Gasteiger charge is 2.22. The molecule has 1 aromatic carbocycles. The van der Waals surface area contributed by atoms with Crippen LogP contribution in [0.1, 0.15) is 25.0 Å². The van der Waals surface area contributed by atoms with E-state index in [0.717, 1.165) is 45.2 Å². The van der Waals surface area contributed by atoms with E-state index in [1.807, 2.05) is 0 Å². The average Bonchev–Trinajstić information content (AvgIpc) is 2.91. The smallest absolute Gasteiger partial charge is 0.194 e. The van der Waals surface area contributed by atoms with Crippen LogP contribution >= 0.6 is 0 Å². The summed E-state index contributed by atoms with van der Waals surface area (Å²) in [5.74, 6) is 1.01. The summed E-state index contributed by atoms with van der Waals surface area (Å²) in [6.45, 7) is 10.0. The lowest BCUT2D eigenvalue weighted by Crippen LogP contribution is -2.45. The molecule has 1 N–H and O–H groups in total. The molecule has 2 atom stereocenters. The third-order valence-electron chi connectivity index (χ3n) is 4.50. The molecule has 3 rings (SSSR count). The zero-order valence-electron chi connectivity index (χ0n) is 14.5. The van der Waals surface area contributed by atoms with Crippen molar-refractivity contribution < 1.29 is 4.74 Å². The van der Waals surface area contributed by atoms with Crippen LogP contribution in [0.25, 0.3) is 0 Å². The predicted octanol–water partition coefficient (Wildman–Crippen LogP) is 1.69. The van der Waals surface area contributed by atoms with Gasteiger partial charge in [0.25, 0.3) is 0 Å². The SMILES string of the molecule is CC1CN(Cc2ccccc2CNC2=NCCN2C)CC(C)O1. The standard InChI is InChI=1S/C18H28N4O/c1-14-11-22(12-15(2)23-14)13-17-7-5-4-6-16(17)10-20-18-19-8-9-21(18)3/h4-7,14-15H,8-13H2,1-3H3,(H,19,20). The Morgan fingerprint density at radius 3 is 2.52 bits per heavy atom. The zero-order chi connectivity index (χ0) is 16.2. The number of hydrogen-bond donors (Lipinski definition) is 1. The maximum Gasteiger partial charge on any atom is 0.194 e. The van der Waals surface area contributed by atoms with Crippen molar-refractivity contribution in [2.75, 3.05) is 33.2 Å². The van der Waals surface area contributed by atoms with Crippen molar-refractivity contribution in [1.29, 1.82) is 0 Å². The fourth-order valence-corrected chi connectivity index (χ4v) is 3.44. The third-order valence-corrected chi connectivity index (χ3v) is 4.50. The first kappa shape index (κ1) is 16.3. The highest BCUT2D eigenvalue weighted by atomic mass is 16.5. The molecule has 2 aliphatic heterocycles. The van der Waals surface area contributed by atoms with Gasteiger partial charge in [-0.2, -0.15) is 0 Å². The molecule has 1 aromatic rings. The monoisotopic (exact) mass is 316 g/mol. The van der Waals surface area contributed by atoms with Crippen LogP contribution in [0.2, 0.25) is 0 Å². The molecule has 0 spiro atoms. The van der Waals surface area contributed by atoms with Crippen LogP contribution in [0, 0.1) is 0 Å². The number of ether oxygens (including phenoxy) is 1. The molecule has 0 saturated carbocycles. The number of benzene rings is 1. The number of guanidine groups is 1. The van der Waals surface area contributed by atoms with E-state index in [9.17, 15) is 0 Å². The second-order valence-corrected chi connectivity index (χ2v) is 6.70. The highest BCUT2D eigenvalue weighted by Crippen LogP contribution is 2.17. The minimum atomic E-state index is 0.311. The van der Waals surface area contributed by atoms with E-state index < -0.39 is 0 Å². The first-order chi connectivity index (χ1) is 11.1. The van der Waals surface area contributed by atoms with Crippen molar-refractivity contribution in [2.45, 2.75) is 39.1 Å². The topological polar surface area (TPSA) is 40.1 Å². The van der Waals surface area contributed by atoms with Gasteiger partial charge in [-0.3, -0.25) is 9.89 Å². The van der Waals surface area contributed by atoms with Crippen molar-refractivity contribution in [3.63, 3.8) is 0 Å². The number of nitrogens with zero attached hydrogens (tertiary/aromatic N) is 3. The Balaban J connectivity index is 1.63. The molecule has 126 valence electrons. The number of morpholine rings is 1. The second-order valence-electron chi connectivity index (χ2n) is 6.70. The lowest BCUT2D eigenvalue weighted by atomic mass is 10.1. The first-order valence-electron chi connectivity index (χ1n) is 8.56. The molecule has 0 amide bonds. The van der Waals surface area contributed by atoms with Crippen LogP contribution in [-0.2, 0) is 17.8 Å². The van der Waals surface area contributed by atoms with E-state index in [0.29, 0.717) is 12.2 Å². The molecule has 23 heavy (non-hydrogen) atoms. The summed E-state index contributed by atoms with van der Waals surface area (Å²) in [5.41, 5.74) is 2.74. The van der Waals surface area contributed by atoms with Gasteiger partial charge in [0.05, 0.1) is 18.8 Å². The summed E-state index contributed by atoms with van der Waals surface area (Å²) in [6, 6.07) is 8.70. The van der Waals surface area contributed by atoms with Gasteiger partial charge in [0.2, 0.25) is 0 Å². The molecule has 2 unspecified atom stereocenters. The van der Waals surface area contributed by atoms with Crippen molar-refractivity contribution in [3.8, 4) is 0 Å². The number of nitrogens with one attached hydrogen (secondary N) is 1. The van der Waals surface area contributed by atoms with E-state index in [4.69, 9.17) is 4.74 Å². The Labute approximate surface area is 139 Å². The first-order valence-corrected chi connectivity index (χ1v) is 8.56. The third kappa shape index (κ3) is 4.24. The molecule has 5 nitrogen and oxygen atoms in total. The highest BCUT2D eigenvalue weighted by molar-refractivity contribution is 5.81. The molecular weight excluding hydrogens is 288 g/mol. The van der Waals surface area contributed by atoms with E-state index in [2.05, 4.69) is 65.3 Å². The van der Waals surface area contributed by atoms with Crippen molar-refractivity contribution in [2.24, 2.45) is 4.99 Å². The summed E-state index contributed by atoms with van der Waals surface area (Å²) in [5, 5.41) is 3.48. The minimum Gasteiger partial charge on any atom is -0.373 e. The van der Waals surface area contributed by atoms with Crippen LogP contribution < -0.4 is 5.32 Å². The molecule has 0 bridgehead atoms. The molecular formula is C18H28N4O. The van der Waals surface area contributed by atoms with Crippen molar-refractivity contribution in [1.82, 2.24) is 15.1 Å². The zero-order valence-corrected chi connectivity index (χ0v) is 14.5. The number of aliphatic imine (C=N–C) groups is 1. The Bertz CT molecular complexity index is 550. The fraction of sp³-hybridized carbons (Fsp3) is 0.611. The molecule has 1 saturated heterocycles. The van der Waals surface area contributed by atoms with E-state index in [-0.39, 0.29) is 0 Å². The van der Waals surface area contributed by atoms with Crippen LogP contribution in [0.5, 0.6) is 0 Å². The minimum absolute atomic E-state index is 0.311. The Morgan fingerprint density at radius 2 is 1.87 bits per heavy atom. The van der Waals surface area contributed by atoms with Crippen LogP contribution in [0.15, 0.2) is 29.3 Å². The van der Waals surface area contributed by atoms with Crippen molar-refractivity contribution in [3.05, 3.63) is 35.4 Å². The van der Waals surface area contributed by atoms with Crippen LogP contribution in [0.4, 0.5) is 0 Å². The van der Waals surface area contributed by atoms with E-state index >= 15 is 0 Å². The molecule has 2 heterocycles. The van der Waals surface area contributed by atoms with E-state index in [1.165, 1.54) is 11.1 Å². The number of likely N-dealkylation sites (N-methyl/N-ethyl adjacent to an activating group) is 1. The van der Waals surface area contributed by atoms with Gasteiger partial charge in [-0.1, -0.05) is 24.3 Å². The molecule has 0 aliphatic carbocycles. The van der Waals surface area contributed by atoms with Crippen molar-refractivity contribution >= 4 is 5.96 Å². The lowest BCUT2D eigenvalue weighted by molar-refractivity contribution is -0.0705. The molecule has 0 aromatic heterocycles. The van der Waals surface area contributed by atoms with Crippen LogP contribution in [-0.4, -0.2) is 61.2 Å². The quantitative estimate of drug-likeness (QED) is 0.918. The Kier molecular flexibility index (Phi) is 5.18. The van der Waals surface area contributed by atoms with Gasteiger partial charge in [-0.25, -0.2) is 0 Å². The molecule has 2 aliphatic rings. The van der Waals surface area contributed by atoms with Gasteiger partial charge in [0.15, 0.2) is 5.96 Å². The largest absolute Gasteiger partial charge is 0.373 e. The van der Waals surface area contributed by atoms with Gasteiger partial charge in [0, 0.05) is 39.8 Å². The maximum atomic E-state index is 5.84. The predicted molar refractivity (Wildman–Crippen MR) is 93.5 cm³/mol.